The second-order valence-corrected chi connectivity index (χ2v) is 1.61. The Morgan fingerprint density at radius 2 is 1.09 bits per heavy atom. The van der Waals surface area contributed by atoms with Crippen LogP contribution in [0.4, 0.5) is 0 Å². The van der Waals surface area contributed by atoms with Crippen molar-refractivity contribution in [3.05, 3.63) is 0 Å². The first-order valence-electron chi connectivity index (χ1n) is 1.89. The van der Waals surface area contributed by atoms with E-state index in [1.54, 1.807) is 10.9 Å². The summed E-state index contributed by atoms with van der Waals surface area (Å²) in [6.07, 6.45) is 0. The van der Waals surface area contributed by atoms with Gasteiger partial charge >= 0.3 is 19.5 Å². The quantitative estimate of drug-likeness (QED) is 0.149. The van der Waals surface area contributed by atoms with Crippen LogP contribution in [0.25, 0.3) is 0 Å². The summed E-state index contributed by atoms with van der Waals surface area (Å²) >= 11 is 7.81. The molecule has 0 aliphatic heterocycles. The van der Waals surface area contributed by atoms with Gasteiger partial charge in [-0.25, -0.2) is 0 Å². The molecule has 0 aromatic rings. The molecular formula is C2H6N4O2S2Zn. The van der Waals surface area contributed by atoms with Gasteiger partial charge in [0, 0.05) is 10.3 Å². The maximum Gasteiger partial charge on any atom is 2.00 e. The Morgan fingerprint density at radius 1 is 1.00 bits per heavy atom. The molecule has 0 amide bonds. The Morgan fingerprint density at radius 3 is 1.09 bits per heavy atom. The zero-order chi connectivity index (χ0) is 8.57. The van der Waals surface area contributed by atoms with Crippen LogP contribution in [0.3, 0.4) is 0 Å². The van der Waals surface area contributed by atoms with Crippen molar-refractivity contribution in [1.82, 2.24) is 10.9 Å². The molecule has 0 fully saturated rings. The van der Waals surface area contributed by atoms with Crippen LogP contribution < -0.4 is 32.7 Å². The van der Waals surface area contributed by atoms with Gasteiger partial charge in [0.25, 0.3) is 0 Å². The number of hydrazine groups is 2. The molecule has 0 radical (unpaired) electrons. The van der Waals surface area contributed by atoms with Gasteiger partial charge in [-0.15, -0.1) is 0 Å². The van der Waals surface area contributed by atoms with Crippen molar-refractivity contribution in [1.29, 1.82) is 0 Å². The van der Waals surface area contributed by atoms with Crippen LogP contribution in [-0.2, 0) is 19.5 Å². The molecule has 0 bridgehead atoms. The molecule has 0 aromatic carbocycles. The van der Waals surface area contributed by atoms with E-state index in [1.807, 2.05) is 0 Å². The van der Waals surface area contributed by atoms with Gasteiger partial charge in [-0.2, -0.15) is 0 Å². The van der Waals surface area contributed by atoms with Crippen LogP contribution in [0, 0.1) is 0 Å². The number of rotatable bonds is 0. The molecule has 11 heavy (non-hydrogen) atoms. The third kappa shape index (κ3) is 40.5. The van der Waals surface area contributed by atoms with E-state index in [2.05, 4.69) is 36.1 Å². The normalized spacial score (nSPS) is 6.00. The number of hydrogen-bond donors (Lipinski definition) is 4. The van der Waals surface area contributed by atoms with Crippen molar-refractivity contribution in [3.63, 3.8) is 0 Å². The first-order chi connectivity index (χ1) is 4.54. The van der Waals surface area contributed by atoms with E-state index in [-0.39, 0.29) is 19.5 Å². The zero-order valence-electron chi connectivity index (χ0n) is 5.49. The summed E-state index contributed by atoms with van der Waals surface area (Å²) in [7, 11) is 0. The van der Waals surface area contributed by atoms with Crippen LogP contribution in [0.2, 0.25) is 0 Å². The van der Waals surface area contributed by atoms with E-state index in [1.165, 1.54) is 0 Å². The second kappa shape index (κ2) is 12.6. The summed E-state index contributed by atoms with van der Waals surface area (Å²) in [5.74, 6) is 8.94. The number of nitrogens with two attached hydrogens (primary N) is 2. The summed E-state index contributed by atoms with van der Waals surface area (Å²) in [6.45, 7) is 0. The first-order valence-corrected chi connectivity index (χ1v) is 2.71. The largest absolute Gasteiger partial charge is 2.00 e. The summed E-state index contributed by atoms with van der Waals surface area (Å²) in [5.41, 5.74) is 3.41. The summed E-state index contributed by atoms with van der Waals surface area (Å²) in [5, 5.41) is 17.5. The Bertz CT molecular complexity index is 109. The Balaban J connectivity index is -0.000000107. The minimum atomic E-state index is -0.634. The van der Waals surface area contributed by atoms with E-state index < -0.39 is 10.3 Å². The molecular weight excluding hydrogens is 242 g/mol. The van der Waals surface area contributed by atoms with Gasteiger partial charge in [0.05, 0.1) is 0 Å². The fourth-order valence-corrected chi connectivity index (χ4v) is 0. The van der Waals surface area contributed by atoms with Gasteiger partial charge in [0.1, 0.15) is 0 Å². The van der Waals surface area contributed by atoms with Gasteiger partial charge in [-0.3, -0.25) is 11.7 Å². The molecule has 0 unspecified atom stereocenters. The van der Waals surface area contributed by atoms with Crippen molar-refractivity contribution in [2.24, 2.45) is 11.7 Å². The molecule has 6 N–H and O–H groups in total. The molecule has 0 saturated heterocycles. The predicted molar refractivity (Wildman–Crippen MR) is 39.8 cm³/mol. The standard InChI is InChI=1S/2CH4N2OS.Zn/c2*2-3-1(4)5;/h2*2H2,(H2,3,4,5);/q;;+2/p-2. The maximum atomic E-state index is 9.39. The fourth-order valence-electron chi connectivity index (χ4n) is 0. The first kappa shape index (κ1) is 17.1. The molecule has 0 aliphatic rings. The Hall–Kier alpha value is -0.0766. The van der Waals surface area contributed by atoms with E-state index in [0.717, 1.165) is 0 Å². The average molecular weight is 248 g/mol. The molecule has 60 valence electrons. The topological polar surface area (TPSA) is 122 Å². The molecule has 0 saturated carbocycles. The van der Waals surface area contributed by atoms with Crippen LogP contribution >= 0.6 is 24.4 Å². The fraction of sp³-hybridized carbons (Fsp3) is 0. The monoisotopic (exact) mass is 246 g/mol. The third-order valence-electron chi connectivity index (χ3n) is 0.236. The van der Waals surface area contributed by atoms with E-state index in [0.29, 0.717) is 0 Å². The third-order valence-corrected chi connectivity index (χ3v) is 0.471. The van der Waals surface area contributed by atoms with Crippen molar-refractivity contribution in [3.8, 4) is 0 Å². The smallest absolute Gasteiger partial charge is 0.851 e. The maximum absolute atomic E-state index is 9.39. The van der Waals surface area contributed by atoms with Gasteiger partial charge in [0.2, 0.25) is 0 Å². The van der Waals surface area contributed by atoms with Gasteiger partial charge in [-0.1, -0.05) is 24.4 Å². The summed E-state index contributed by atoms with van der Waals surface area (Å²) in [6, 6.07) is 0. The number of nitrogens with one attached hydrogen (secondary N) is 2. The second-order valence-electron chi connectivity index (χ2n) is 0.864. The molecule has 0 atom stereocenters. The van der Waals surface area contributed by atoms with E-state index in [4.69, 9.17) is 0 Å². The number of hydrogen-bond acceptors (Lipinski definition) is 6. The SMILES string of the molecule is NNC([O-])=S.NNC([O-])=S.[Zn+2]. The van der Waals surface area contributed by atoms with Gasteiger partial charge < -0.3 is 21.1 Å². The average Bonchev–Trinajstić information content (AvgIpc) is 1.89. The number of thiocarbonyl (C=S) groups is 2. The molecule has 9 heteroatoms. The molecule has 6 nitrogen and oxygen atoms in total. The van der Waals surface area contributed by atoms with Crippen molar-refractivity contribution in [2.75, 3.05) is 0 Å². The molecule has 0 aromatic heterocycles. The summed E-state index contributed by atoms with van der Waals surface area (Å²) < 4.78 is 0. The van der Waals surface area contributed by atoms with Crippen LogP contribution in [-0.4, -0.2) is 10.3 Å². The van der Waals surface area contributed by atoms with E-state index >= 15 is 0 Å². The van der Waals surface area contributed by atoms with Gasteiger partial charge in [-0.05, 0) is 0 Å². The molecule has 0 aliphatic carbocycles. The Labute approximate surface area is 87.0 Å². The van der Waals surface area contributed by atoms with Crippen LogP contribution in [0.15, 0.2) is 0 Å². The van der Waals surface area contributed by atoms with Crippen LogP contribution in [0.5, 0.6) is 0 Å². The predicted octanol–water partition coefficient (Wildman–Crippen LogP) is -3.81. The van der Waals surface area contributed by atoms with Crippen LogP contribution in [0.1, 0.15) is 0 Å². The summed E-state index contributed by atoms with van der Waals surface area (Å²) in [4.78, 5) is 0. The zero-order valence-corrected chi connectivity index (χ0v) is 10.1. The minimum absolute atomic E-state index is 0. The van der Waals surface area contributed by atoms with Crippen molar-refractivity contribution >= 4 is 34.8 Å². The van der Waals surface area contributed by atoms with Gasteiger partial charge in [0.15, 0.2) is 0 Å². The molecule has 0 spiro atoms. The molecule has 0 rings (SSSR count). The van der Waals surface area contributed by atoms with Crippen molar-refractivity contribution in [2.45, 2.75) is 0 Å². The molecule has 0 heterocycles. The Kier molecular flexibility index (Phi) is 19.6. The van der Waals surface area contributed by atoms with Crippen molar-refractivity contribution < 1.29 is 29.7 Å². The van der Waals surface area contributed by atoms with E-state index in [9.17, 15) is 10.2 Å². The minimum Gasteiger partial charge on any atom is -0.851 e.